The number of nitrogens with zero attached hydrogens (tertiary/aromatic N) is 3. The summed E-state index contributed by atoms with van der Waals surface area (Å²) in [4.78, 5) is 12.5. The average molecular weight is 409 g/mol. The summed E-state index contributed by atoms with van der Waals surface area (Å²) >= 11 is 4.95. The highest BCUT2D eigenvalue weighted by molar-refractivity contribution is 9.10. The molecule has 0 radical (unpaired) electrons. The molecule has 3 rings (SSSR count). The van der Waals surface area contributed by atoms with Gasteiger partial charge in [0.05, 0.1) is 10.9 Å². The van der Waals surface area contributed by atoms with Crippen molar-refractivity contribution in [3.8, 4) is 0 Å². The van der Waals surface area contributed by atoms with Gasteiger partial charge in [0.2, 0.25) is 5.91 Å². The number of carbonyl (C=O) groups is 1. The summed E-state index contributed by atoms with van der Waals surface area (Å²) in [6.07, 6.45) is 2.39. The molecule has 5 nitrogen and oxygen atoms in total. The third-order valence-electron chi connectivity index (χ3n) is 4.04. The zero-order valence-electron chi connectivity index (χ0n) is 14.0. The van der Waals surface area contributed by atoms with Crippen molar-refractivity contribution in [2.24, 2.45) is 0 Å². The number of halogens is 1. The normalized spacial score (nSPS) is 15.3. The number of aryl methyl sites for hydroxylation is 1. The van der Waals surface area contributed by atoms with Crippen LogP contribution in [0.4, 0.5) is 5.69 Å². The Kier molecular flexibility index (Phi) is 5.30. The van der Waals surface area contributed by atoms with Gasteiger partial charge >= 0.3 is 0 Å². The Balaban J connectivity index is 1.68. The molecular weight excluding hydrogens is 388 g/mol. The van der Waals surface area contributed by atoms with Crippen molar-refractivity contribution < 1.29 is 4.79 Å². The van der Waals surface area contributed by atoms with Gasteiger partial charge in [0.15, 0.2) is 5.16 Å². The van der Waals surface area contributed by atoms with Gasteiger partial charge in [0.25, 0.3) is 0 Å². The van der Waals surface area contributed by atoms with E-state index >= 15 is 0 Å². The number of hydrogen-bond acceptors (Lipinski definition) is 4. The third kappa shape index (κ3) is 3.83. The van der Waals surface area contributed by atoms with Crippen LogP contribution in [0.5, 0.6) is 0 Å². The molecule has 0 spiro atoms. The van der Waals surface area contributed by atoms with Gasteiger partial charge in [-0.2, -0.15) is 0 Å². The average Bonchev–Trinajstić information content (AvgIpc) is 3.31. The Hall–Kier alpha value is -1.34. The molecule has 1 heterocycles. The molecule has 1 N–H and O–H groups in total. The number of amides is 1. The summed E-state index contributed by atoms with van der Waals surface area (Å²) in [6.45, 7) is 6.84. The summed E-state index contributed by atoms with van der Waals surface area (Å²) in [6, 6.07) is 5.88. The molecule has 1 fully saturated rings. The van der Waals surface area contributed by atoms with E-state index in [1.807, 2.05) is 32.0 Å². The Bertz CT molecular complexity index is 757. The van der Waals surface area contributed by atoms with Crippen LogP contribution in [0, 0.1) is 6.92 Å². The number of rotatable bonds is 6. The number of anilines is 1. The van der Waals surface area contributed by atoms with Crippen LogP contribution in [0.1, 0.15) is 44.0 Å². The second-order valence-electron chi connectivity index (χ2n) is 6.09. The van der Waals surface area contributed by atoms with Gasteiger partial charge in [-0.3, -0.25) is 4.79 Å². The molecule has 0 saturated heterocycles. The van der Waals surface area contributed by atoms with E-state index < -0.39 is 0 Å². The van der Waals surface area contributed by atoms with Crippen LogP contribution in [0.15, 0.2) is 27.8 Å². The summed E-state index contributed by atoms with van der Waals surface area (Å²) in [5, 5.41) is 12.2. The lowest BCUT2D eigenvalue weighted by Gasteiger charge is -2.13. The minimum absolute atomic E-state index is 0.0387. The molecule has 1 saturated carbocycles. The maximum absolute atomic E-state index is 12.5. The highest BCUT2D eigenvalue weighted by Crippen LogP contribution is 2.40. The number of benzene rings is 1. The Morgan fingerprint density at radius 3 is 2.83 bits per heavy atom. The molecule has 0 bridgehead atoms. The van der Waals surface area contributed by atoms with Crippen LogP contribution in [-0.4, -0.2) is 25.9 Å². The first-order chi connectivity index (χ1) is 11.5. The highest BCUT2D eigenvalue weighted by atomic mass is 79.9. The Morgan fingerprint density at radius 1 is 1.46 bits per heavy atom. The summed E-state index contributed by atoms with van der Waals surface area (Å²) < 4.78 is 3.02. The van der Waals surface area contributed by atoms with Gasteiger partial charge in [-0.05, 0) is 67.2 Å². The Morgan fingerprint density at radius 2 is 2.21 bits per heavy atom. The standard InChI is InChI=1S/C17H21BrN4OS/c1-4-22-15(12-6-7-12)20-21-17(22)24-11(3)16(23)19-14-8-5-10(2)9-13(14)18/h5,8-9,11-12H,4,6-7H2,1-3H3,(H,19,23)/t11-/m1/s1. The zero-order chi connectivity index (χ0) is 17.3. The molecule has 128 valence electrons. The lowest BCUT2D eigenvalue weighted by atomic mass is 10.2. The van der Waals surface area contributed by atoms with Gasteiger partial charge in [0, 0.05) is 16.9 Å². The van der Waals surface area contributed by atoms with Crippen molar-refractivity contribution in [1.29, 1.82) is 0 Å². The number of nitrogens with one attached hydrogen (secondary N) is 1. The van der Waals surface area contributed by atoms with Gasteiger partial charge in [0.1, 0.15) is 5.82 Å². The molecule has 1 aliphatic rings. The molecule has 2 aromatic rings. The number of aromatic nitrogens is 3. The first-order valence-corrected chi connectivity index (χ1v) is 9.83. The lowest BCUT2D eigenvalue weighted by molar-refractivity contribution is -0.115. The molecule has 24 heavy (non-hydrogen) atoms. The predicted molar refractivity (Wildman–Crippen MR) is 100 cm³/mol. The van der Waals surface area contributed by atoms with Crippen molar-refractivity contribution in [2.45, 2.75) is 56.5 Å². The van der Waals surface area contributed by atoms with E-state index in [2.05, 4.69) is 42.9 Å². The summed E-state index contributed by atoms with van der Waals surface area (Å²) in [7, 11) is 0. The van der Waals surface area contributed by atoms with Crippen LogP contribution in [0.25, 0.3) is 0 Å². The second-order valence-corrected chi connectivity index (χ2v) is 8.25. The van der Waals surface area contributed by atoms with Crippen molar-refractivity contribution in [3.05, 3.63) is 34.1 Å². The summed E-state index contributed by atoms with van der Waals surface area (Å²) in [5.41, 5.74) is 1.93. The minimum Gasteiger partial charge on any atom is -0.324 e. The third-order valence-corrected chi connectivity index (χ3v) is 5.77. The van der Waals surface area contributed by atoms with E-state index in [4.69, 9.17) is 0 Å². The number of carbonyl (C=O) groups excluding carboxylic acids is 1. The van der Waals surface area contributed by atoms with Crippen LogP contribution < -0.4 is 5.32 Å². The molecule has 7 heteroatoms. The molecule has 1 aromatic heterocycles. The fourth-order valence-electron chi connectivity index (χ4n) is 2.50. The van der Waals surface area contributed by atoms with Crippen LogP contribution in [-0.2, 0) is 11.3 Å². The van der Waals surface area contributed by atoms with Gasteiger partial charge < -0.3 is 9.88 Å². The smallest absolute Gasteiger partial charge is 0.237 e. The van der Waals surface area contributed by atoms with Gasteiger partial charge in [-0.1, -0.05) is 17.8 Å². The molecule has 1 atom stereocenters. The van der Waals surface area contributed by atoms with Crippen LogP contribution >= 0.6 is 27.7 Å². The maximum atomic E-state index is 12.5. The van der Waals surface area contributed by atoms with E-state index in [-0.39, 0.29) is 11.2 Å². The molecular formula is C17H21BrN4OS. The van der Waals surface area contributed by atoms with E-state index in [0.29, 0.717) is 5.92 Å². The molecule has 1 aliphatic carbocycles. The van der Waals surface area contributed by atoms with Crippen molar-refractivity contribution in [2.75, 3.05) is 5.32 Å². The van der Waals surface area contributed by atoms with Crippen LogP contribution in [0.3, 0.4) is 0 Å². The fraction of sp³-hybridized carbons (Fsp3) is 0.471. The number of thioether (sulfide) groups is 1. The monoisotopic (exact) mass is 408 g/mol. The maximum Gasteiger partial charge on any atom is 0.237 e. The van der Waals surface area contributed by atoms with E-state index in [9.17, 15) is 4.79 Å². The quantitative estimate of drug-likeness (QED) is 0.720. The topological polar surface area (TPSA) is 59.8 Å². The second kappa shape index (κ2) is 7.27. The van der Waals surface area contributed by atoms with Crippen molar-refractivity contribution in [3.63, 3.8) is 0 Å². The van der Waals surface area contributed by atoms with E-state index in [1.54, 1.807) is 0 Å². The fourth-order valence-corrected chi connectivity index (χ4v) is 4.01. The van der Waals surface area contributed by atoms with Gasteiger partial charge in [-0.25, -0.2) is 0 Å². The zero-order valence-corrected chi connectivity index (χ0v) is 16.4. The first kappa shape index (κ1) is 17.5. The van der Waals surface area contributed by atoms with E-state index in [1.165, 1.54) is 24.6 Å². The summed E-state index contributed by atoms with van der Waals surface area (Å²) in [5.74, 6) is 1.58. The van der Waals surface area contributed by atoms with Crippen molar-refractivity contribution in [1.82, 2.24) is 14.8 Å². The Labute approximate surface area is 154 Å². The first-order valence-electron chi connectivity index (χ1n) is 8.16. The van der Waals surface area contributed by atoms with Crippen molar-refractivity contribution >= 4 is 39.3 Å². The molecule has 0 aliphatic heterocycles. The SMILES string of the molecule is CCn1c(S[C@H](C)C(=O)Nc2ccc(C)cc2Br)nnc1C1CC1. The highest BCUT2D eigenvalue weighted by Gasteiger charge is 2.30. The van der Waals surface area contributed by atoms with Crippen LogP contribution in [0.2, 0.25) is 0 Å². The lowest BCUT2D eigenvalue weighted by Crippen LogP contribution is -2.23. The molecule has 1 aromatic carbocycles. The molecule has 0 unspecified atom stereocenters. The van der Waals surface area contributed by atoms with E-state index in [0.717, 1.165) is 33.2 Å². The van der Waals surface area contributed by atoms with Gasteiger partial charge in [-0.15, -0.1) is 10.2 Å². The largest absolute Gasteiger partial charge is 0.324 e. The molecule has 1 amide bonds. The predicted octanol–water partition coefficient (Wildman–Crippen LogP) is 4.37. The number of hydrogen-bond donors (Lipinski definition) is 1. The minimum atomic E-state index is -0.250.